The summed E-state index contributed by atoms with van der Waals surface area (Å²) in [5.41, 5.74) is 0.516. The fraction of sp³-hybridized carbons (Fsp3) is 0.286. The van der Waals surface area contributed by atoms with Gasteiger partial charge < -0.3 is 10.1 Å². The van der Waals surface area contributed by atoms with Crippen molar-refractivity contribution >= 4 is 11.9 Å². The molecule has 4 nitrogen and oxygen atoms in total. The first kappa shape index (κ1) is 15.8. The molecule has 6 heteroatoms. The molecule has 1 N–H and O–H groups in total. The highest BCUT2D eigenvalue weighted by atomic mass is 19.1. The summed E-state index contributed by atoms with van der Waals surface area (Å²) in [7, 11) is 1.23. The van der Waals surface area contributed by atoms with Gasteiger partial charge in [0.15, 0.2) is 0 Å². The van der Waals surface area contributed by atoms with Crippen LogP contribution in [-0.4, -0.2) is 19.0 Å². The SMILES string of the molecule is C=C(CCC(=O)NCc1cc(F)cc(F)c1)C(=O)OC. The van der Waals surface area contributed by atoms with Gasteiger partial charge in [-0.1, -0.05) is 6.58 Å². The third-order valence-corrected chi connectivity index (χ3v) is 2.54. The highest BCUT2D eigenvalue weighted by Crippen LogP contribution is 2.08. The monoisotopic (exact) mass is 283 g/mol. The summed E-state index contributed by atoms with van der Waals surface area (Å²) in [6.45, 7) is 3.50. The number of hydrogen-bond donors (Lipinski definition) is 1. The van der Waals surface area contributed by atoms with E-state index in [1.54, 1.807) is 0 Å². The van der Waals surface area contributed by atoms with E-state index in [1.165, 1.54) is 7.11 Å². The van der Waals surface area contributed by atoms with Gasteiger partial charge in [0.05, 0.1) is 7.11 Å². The Hall–Kier alpha value is -2.24. The zero-order valence-corrected chi connectivity index (χ0v) is 11.0. The highest BCUT2D eigenvalue weighted by Gasteiger charge is 2.09. The minimum atomic E-state index is -0.701. The Morgan fingerprint density at radius 1 is 1.20 bits per heavy atom. The predicted molar refractivity (Wildman–Crippen MR) is 68.6 cm³/mol. The van der Waals surface area contributed by atoms with Crippen molar-refractivity contribution in [3.05, 3.63) is 47.5 Å². The molecule has 0 fully saturated rings. The number of amides is 1. The molecule has 0 atom stereocenters. The quantitative estimate of drug-likeness (QED) is 0.642. The summed E-state index contributed by atoms with van der Waals surface area (Å²) in [6.07, 6.45) is 0.210. The molecule has 0 unspecified atom stereocenters. The molecule has 0 aromatic heterocycles. The Morgan fingerprint density at radius 2 is 1.80 bits per heavy atom. The maximum absolute atomic E-state index is 12.9. The Bertz CT molecular complexity index is 509. The lowest BCUT2D eigenvalue weighted by Crippen LogP contribution is -2.23. The third kappa shape index (κ3) is 5.17. The van der Waals surface area contributed by atoms with E-state index in [-0.39, 0.29) is 30.9 Å². The Morgan fingerprint density at radius 3 is 2.35 bits per heavy atom. The van der Waals surface area contributed by atoms with Crippen LogP contribution in [0.2, 0.25) is 0 Å². The Balaban J connectivity index is 2.40. The van der Waals surface area contributed by atoms with Crippen molar-refractivity contribution in [3.8, 4) is 0 Å². The number of benzene rings is 1. The van der Waals surface area contributed by atoms with Crippen LogP contribution in [0, 0.1) is 11.6 Å². The predicted octanol–water partition coefficient (Wildman–Crippen LogP) is 2.09. The molecule has 1 aromatic carbocycles. The van der Waals surface area contributed by atoms with Gasteiger partial charge in [0.1, 0.15) is 11.6 Å². The molecule has 0 saturated heterocycles. The largest absolute Gasteiger partial charge is 0.466 e. The van der Waals surface area contributed by atoms with E-state index in [4.69, 9.17) is 0 Å². The van der Waals surface area contributed by atoms with Gasteiger partial charge in [-0.05, 0) is 24.1 Å². The van der Waals surface area contributed by atoms with Gasteiger partial charge in [-0.25, -0.2) is 13.6 Å². The summed E-state index contributed by atoms with van der Waals surface area (Å²) in [5, 5.41) is 2.50. The van der Waals surface area contributed by atoms with Crippen molar-refractivity contribution < 1.29 is 23.1 Å². The number of hydrogen-bond acceptors (Lipinski definition) is 3. The topological polar surface area (TPSA) is 55.4 Å². The molecule has 0 aliphatic rings. The van der Waals surface area contributed by atoms with Crippen molar-refractivity contribution in [1.29, 1.82) is 0 Å². The molecule has 20 heavy (non-hydrogen) atoms. The van der Waals surface area contributed by atoms with Crippen molar-refractivity contribution in [2.75, 3.05) is 7.11 Å². The summed E-state index contributed by atoms with van der Waals surface area (Å²) in [6, 6.07) is 3.03. The number of esters is 1. The van der Waals surface area contributed by atoms with Crippen molar-refractivity contribution in [1.82, 2.24) is 5.32 Å². The van der Waals surface area contributed by atoms with E-state index in [2.05, 4.69) is 16.6 Å². The average molecular weight is 283 g/mol. The molecule has 0 radical (unpaired) electrons. The molecule has 0 spiro atoms. The molecular weight excluding hydrogens is 268 g/mol. The van der Waals surface area contributed by atoms with E-state index in [9.17, 15) is 18.4 Å². The standard InChI is InChI=1S/C14H15F2NO3/c1-9(14(19)20-2)3-4-13(18)17-8-10-5-11(15)7-12(16)6-10/h5-7H,1,3-4,8H2,2H3,(H,17,18). The molecule has 0 saturated carbocycles. The van der Waals surface area contributed by atoms with Gasteiger partial charge in [0.25, 0.3) is 0 Å². The third-order valence-electron chi connectivity index (χ3n) is 2.54. The van der Waals surface area contributed by atoms with Crippen LogP contribution < -0.4 is 5.32 Å². The summed E-state index contributed by atoms with van der Waals surface area (Å²) in [4.78, 5) is 22.6. The minimum Gasteiger partial charge on any atom is -0.466 e. The second-order valence-electron chi connectivity index (χ2n) is 4.15. The number of rotatable bonds is 6. The smallest absolute Gasteiger partial charge is 0.333 e. The molecule has 1 amide bonds. The number of carbonyl (C=O) groups is 2. The second kappa shape index (κ2) is 7.37. The fourth-order valence-corrected chi connectivity index (χ4v) is 1.51. The molecule has 1 aromatic rings. The number of methoxy groups -OCH3 is 1. The van der Waals surface area contributed by atoms with Crippen molar-refractivity contribution in [2.45, 2.75) is 19.4 Å². The Kier molecular flexibility index (Phi) is 5.83. The second-order valence-corrected chi connectivity index (χ2v) is 4.15. The van der Waals surface area contributed by atoms with Gasteiger partial charge in [-0.2, -0.15) is 0 Å². The van der Waals surface area contributed by atoms with E-state index >= 15 is 0 Å². The van der Waals surface area contributed by atoms with E-state index in [1.807, 2.05) is 0 Å². The van der Waals surface area contributed by atoms with Gasteiger partial charge in [0, 0.05) is 24.6 Å². The molecular formula is C14H15F2NO3. The highest BCUT2D eigenvalue weighted by molar-refractivity contribution is 5.88. The maximum Gasteiger partial charge on any atom is 0.333 e. The van der Waals surface area contributed by atoms with Crippen LogP contribution in [0.15, 0.2) is 30.4 Å². The Labute approximate surface area is 115 Å². The van der Waals surface area contributed by atoms with Crippen LogP contribution in [0.5, 0.6) is 0 Å². The zero-order valence-electron chi connectivity index (χ0n) is 11.0. The molecule has 1 rings (SSSR count). The first-order chi connectivity index (χ1) is 9.42. The van der Waals surface area contributed by atoms with E-state index < -0.39 is 17.6 Å². The van der Waals surface area contributed by atoms with Gasteiger partial charge >= 0.3 is 5.97 Å². The zero-order chi connectivity index (χ0) is 15.1. The number of nitrogens with one attached hydrogen (secondary N) is 1. The van der Waals surface area contributed by atoms with Gasteiger partial charge in [-0.3, -0.25) is 4.79 Å². The van der Waals surface area contributed by atoms with E-state index in [0.717, 1.165) is 18.2 Å². The molecule has 0 aliphatic carbocycles. The fourth-order valence-electron chi connectivity index (χ4n) is 1.51. The van der Waals surface area contributed by atoms with Crippen molar-refractivity contribution in [2.24, 2.45) is 0 Å². The van der Waals surface area contributed by atoms with Crippen LogP contribution in [0.25, 0.3) is 0 Å². The first-order valence-electron chi connectivity index (χ1n) is 5.90. The molecule has 108 valence electrons. The molecule has 0 bridgehead atoms. The normalized spacial score (nSPS) is 9.95. The van der Waals surface area contributed by atoms with Crippen LogP contribution in [0.3, 0.4) is 0 Å². The average Bonchev–Trinajstić information content (AvgIpc) is 2.40. The van der Waals surface area contributed by atoms with Crippen LogP contribution in [0.1, 0.15) is 18.4 Å². The summed E-state index contributed by atoms with van der Waals surface area (Å²) < 4.78 is 30.3. The lowest BCUT2D eigenvalue weighted by Gasteiger charge is -2.06. The number of halogens is 2. The van der Waals surface area contributed by atoms with Crippen LogP contribution in [-0.2, 0) is 20.9 Å². The van der Waals surface area contributed by atoms with E-state index in [0.29, 0.717) is 5.56 Å². The van der Waals surface area contributed by atoms with Crippen molar-refractivity contribution in [3.63, 3.8) is 0 Å². The lowest BCUT2D eigenvalue weighted by atomic mass is 10.1. The summed E-state index contributed by atoms with van der Waals surface area (Å²) in [5.74, 6) is -2.31. The van der Waals surface area contributed by atoms with Crippen LogP contribution in [0.4, 0.5) is 8.78 Å². The molecule has 0 aliphatic heterocycles. The molecule has 0 heterocycles. The summed E-state index contributed by atoms with van der Waals surface area (Å²) >= 11 is 0. The number of ether oxygens (including phenoxy) is 1. The van der Waals surface area contributed by atoms with Gasteiger partial charge in [-0.15, -0.1) is 0 Å². The number of carbonyl (C=O) groups excluding carboxylic acids is 2. The van der Waals surface area contributed by atoms with Crippen LogP contribution >= 0.6 is 0 Å². The lowest BCUT2D eigenvalue weighted by molar-refractivity contribution is -0.136. The minimum absolute atomic E-state index is 0.0121. The van der Waals surface area contributed by atoms with Gasteiger partial charge in [0.2, 0.25) is 5.91 Å². The first-order valence-corrected chi connectivity index (χ1v) is 5.90. The maximum atomic E-state index is 12.9.